The average molecular weight is 489 g/mol. The topological polar surface area (TPSA) is 69.2 Å². The Morgan fingerprint density at radius 3 is 2.42 bits per heavy atom. The third-order valence-corrected chi connectivity index (χ3v) is 7.43. The van der Waals surface area contributed by atoms with Crippen LogP contribution in [0.5, 0.6) is 17.2 Å². The molecule has 0 aliphatic carbocycles. The summed E-state index contributed by atoms with van der Waals surface area (Å²) >= 11 is 0. The zero-order valence-corrected chi connectivity index (χ0v) is 21.1. The highest BCUT2D eigenvalue weighted by Gasteiger charge is 2.32. The number of aromatic hydroxyl groups is 1. The van der Waals surface area contributed by atoms with Crippen LogP contribution < -0.4 is 25.2 Å². The Morgan fingerprint density at radius 2 is 1.69 bits per heavy atom. The van der Waals surface area contributed by atoms with Crippen molar-refractivity contribution in [1.82, 2.24) is 15.8 Å². The molecule has 0 spiro atoms. The number of benzene rings is 3. The van der Waals surface area contributed by atoms with Gasteiger partial charge in [-0.25, -0.2) is 5.43 Å². The third-order valence-electron chi connectivity index (χ3n) is 7.43. The van der Waals surface area contributed by atoms with Crippen LogP contribution in [0.25, 0.3) is 0 Å². The second kappa shape index (κ2) is 11.2. The molecule has 3 aromatic carbocycles. The summed E-state index contributed by atoms with van der Waals surface area (Å²) in [5.41, 5.74) is 10.8. The summed E-state index contributed by atoms with van der Waals surface area (Å²) in [6.07, 6.45) is 0. The first kappa shape index (κ1) is 24.4. The molecule has 3 aromatic rings. The molecule has 190 valence electrons. The maximum Gasteiger partial charge on any atom is 0.127 e. The first-order valence-electron chi connectivity index (χ1n) is 12.7. The Labute approximate surface area is 213 Å². The summed E-state index contributed by atoms with van der Waals surface area (Å²) in [7, 11) is 1.67. The monoisotopic (exact) mass is 488 g/mol. The molecule has 2 aliphatic heterocycles. The SMILES string of the molecule is COc1ccc(C2CNNC2c2ccc(OCCN3CCN(c4ccccc4)CC3)c(C)c2O)cc1. The van der Waals surface area contributed by atoms with Crippen LogP contribution in [0.15, 0.2) is 66.7 Å². The number of nitrogens with zero attached hydrogens (tertiary/aromatic N) is 2. The van der Waals surface area contributed by atoms with E-state index in [0.717, 1.165) is 61.9 Å². The molecule has 0 bridgehead atoms. The van der Waals surface area contributed by atoms with Gasteiger partial charge in [-0.05, 0) is 48.9 Å². The van der Waals surface area contributed by atoms with Gasteiger partial charge in [-0.15, -0.1) is 0 Å². The van der Waals surface area contributed by atoms with Gasteiger partial charge in [0.25, 0.3) is 0 Å². The lowest BCUT2D eigenvalue weighted by molar-refractivity contribution is 0.199. The summed E-state index contributed by atoms with van der Waals surface area (Å²) in [6.45, 7) is 8.28. The number of phenolic OH excluding ortho intramolecular Hbond substituents is 1. The highest BCUT2D eigenvalue weighted by atomic mass is 16.5. The Morgan fingerprint density at radius 1 is 0.944 bits per heavy atom. The molecule has 2 saturated heterocycles. The summed E-state index contributed by atoms with van der Waals surface area (Å²) < 4.78 is 11.4. The van der Waals surface area contributed by atoms with Crippen molar-refractivity contribution in [2.75, 3.05) is 57.9 Å². The van der Waals surface area contributed by atoms with E-state index in [4.69, 9.17) is 9.47 Å². The van der Waals surface area contributed by atoms with Crippen LogP contribution >= 0.6 is 0 Å². The maximum absolute atomic E-state index is 11.1. The minimum absolute atomic E-state index is 0.0351. The predicted octanol–water partition coefficient (Wildman–Crippen LogP) is 3.84. The number of hydrogen-bond donors (Lipinski definition) is 3. The minimum Gasteiger partial charge on any atom is -0.507 e. The van der Waals surface area contributed by atoms with Gasteiger partial charge in [0.15, 0.2) is 0 Å². The van der Waals surface area contributed by atoms with Crippen molar-refractivity contribution in [2.45, 2.75) is 18.9 Å². The van der Waals surface area contributed by atoms with Crippen LogP contribution in [0.3, 0.4) is 0 Å². The first-order chi connectivity index (χ1) is 17.6. The number of piperazine rings is 1. The zero-order chi connectivity index (χ0) is 24.9. The summed E-state index contributed by atoms with van der Waals surface area (Å²) in [6, 6.07) is 22.7. The summed E-state index contributed by atoms with van der Waals surface area (Å²) in [5, 5.41) is 11.1. The van der Waals surface area contributed by atoms with Crippen LogP contribution in [0.2, 0.25) is 0 Å². The van der Waals surface area contributed by atoms with Crippen molar-refractivity contribution in [3.8, 4) is 17.2 Å². The molecule has 0 aromatic heterocycles. The number of hydrogen-bond acceptors (Lipinski definition) is 7. The minimum atomic E-state index is -0.0351. The Bertz CT molecular complexity index is 1130. The molecule has 7 heteroatoms. The molecule has 2 aliphatic rings. The number of ether oxygens (including phenoxy) is 2. The Kier molecular flexibility index (Phi) is 7.60. The van der Waals surface area contributed by atoms with E-state index >= 15 is 0 Å². The lowest BCUT2D eigenvalue weighted by Crippen LogP contribution is -2.47. The molecule has 2 atom stereocenters. The van der Waals surface area contributed by atoms with E-state index in [1.54, 1.807) is 7.11 Å². The third kappa shape index (κ3) is 5.28. The van der Waals surface area contributed by atoms with Crippen molar-refractivity contribution in [1.29, 1.82) is 0 Å². The van der Waals surface area contributed by atoms with Gasteiger partial charge in [0.2, 0.25) is 0 Å². The number of anilines is 1. The van der Waals surface area contributed by atoms with Crippen molar-refractivity contribution >= 4 is 5.69 Å². The Hall–Kier alpha value is -3.26. The largest absolute Gasteiger partial charge is 0.507 e. The van der Waals surface area contributed by atoms with E-state index in [2.05, 4.69) is 63.1 Å². The molecule has 36 heavy (non-hydrogen) atoms. The van der Waals surface area contributed by atoms with Crippen LogP contribution in [-0.2, 0) is 0 Å². The molecule has 5 rings (SSSR count). The number of para-hydroxylation sites is 1. The molecule has 0 amide bonds. The van der Waals surface area contributed by atoms with E-state index in [-0.39, 0.29) is 12.0 Å². The van der Waals surface area contributed by atoms with E-state index < -0.39 is 0 Å². The molecule has 2 heterocycles. The average Bonchev–Trinajstić information content (AvgIpc) is 3.42. The first-order valence-corrected chi connectivity index (χ1v) is 12.7. The van der Waals surface area contributed by atoms with E-state index in [9.17, 15) is 5.11 Å². The van der Waals surface area contributed by atoms with Crippen molar-refractivity contribution in [3.63, 3.8) is 0 Å². The van der Waals surface area contributed by atoms with Gasteiger partial charge < -0.3 is 19.5 Å². The maximum atomic E-state index is 11.1. The number of rotatable bonds is 8. The molecule has 3 N–H and O–H groups in total. The van der Waals surface area contributed by atoms with Gasteiger partial charge >= 0.3 is 0 Å². The second-order valence-corrected chi connectivity index (χ2v) is 9.52. The van der Waals surface area contributed by atoms with Gasteiger partial charge in [0.05, 0.1) is 13.2 Å². The lowest BCUT2D eigenvalue weighted by atomic mass is 9.87. The Balaban J connectivity index is 1.17. The lowest BCUT2D eigenvalue weighted by Gasteiger charge is -2.36. The van der Waals surface area contributed by atoms with Gasteiger partial charge in [0.1, 0.15) is 23.9 Å². The summed E-state index contributed by atoms with van der Waals surface area (Å²) in [5.74, 6) is 2.07. The molecule has 2 unspecified atom stereocenters. The molecule has 0 radical (unpaired) electrons. The quantitative estimate of drug-likeness (QED) is 0.445. The highest BCUT2D eigenvalue weighted by molar-refractivity contribution is 5.51. The number of methoxy groups -OCH3 is 1. The number of phenols is 1. The van der Waals surface area contributed by atoms with Crippen LogP contribution in [0.4, 0.5) is 5.69 Å². The molecular weight excluding hydrogens is 452 g/mol. The smallest absolute Gasteiger partial charge is 0.127 e. The van der Waals surface area contributed by atoms with Gasteiger partial charge in [-0.3, -0.25) is 10.3 Å². The fourth-order valence-electron chi connectivity index (χ4n) is 5.22. The van der Waals surface area contributed by atoms with E-state index in [1.807, 2.05) is 31.2 Å². The van der Waals surface area contributed by atoms with Gasteiger partial charge in [-0.1, -0.05) is 30.3 Å². The standard InChI is InChI=1S/C29H36N4O3/c1-21-27(36-19-18-32-14-16-33(17-15-32)23-6-4-3-5-7-23)13-12-25(29(21)34)28-26(20-30-31-28)22-8-10-24(35-2)11-9-22/h3-13,26,28,30-31,34H,14-20H2,1-2H3. The fraction of sp³-hybridized carbons (Fsp3) is 0.379. The molecular formula is C29H36N4O3. The second-order valence-electron chi connectivity index (χ2n) is 9.52. The van der Waals surface area contributed by atoms with Crippen molar-refractivity contribution in [2.24, 2.45) is 0 Å². The van der Waals surface area contributed by atoms with E-state index in [0.29, 0.717) is 12.4 Å². The van der Waals surface area contributed by atoms with Crippen LogP contribution in [-0.4, -0.2) is 63.0 Å². The van der Waals surface area contributed by atoms with Gasteiger partial charge in [-0.2, -0.15) is 0 Å². The molecule has 7 nitrogen and oxygen atoms in total. The molecule has 2 fully saturated rings. The number of nitrogens with one attached hydrogen (secondary N) is 2. The fourth-order valence-corrected chi connectivity index (χ4v) is 5.22. The van der Waals surface area contributed by atoms with Crippen LogP contribution in [0, 0.1) is 6.92 Å². The van der Waals surface area contributed by atoms with Crippen LogP contribution in [0.1, 0.15) is 28.7 Å². The highest BCUT2D eigenvalue weighted by Crippen LogP contribution is 2.41. The van der Waals surface area contributed by atoms with Crippen molar-refractivity contribution < 1.29 is 14.6 Å². The predicted molar refractivity (Wildman–Crippen MR) is 143 cm³/mol. The molecule has 0 saturated carbocycles. The summed E-state index contributed by atoms with van der Waals surface area (Å²) in [4.78, 5) is 4.87. The zero-order valence-electron chi connectivity index (χ0n) is 21.1. The van der Waals surface area contributed by atoms with Crippen molar-refractivity contribution in [3.05, 3.63) is 83.4 Å². The number of hydrazine groups is 1. The van der Waals surface area contributed by atoms with E-state index in [1.165, 1.54) is 11.3 Å². The van der Waals surface area contributed by atoms with Gasteiger partial charge in [0, 0.05) is 62.0 Å². The normalized spacial score (nSPS) is 20.4.